The number of hydrogen-bond donors (Lipinski definition) is 0. The largest absolute Gasteiger partial charge is 0.342 e. The Balaban J connectivity index is 2.32. The third-order valence-corrected chi connectivity index (χ3v) is 2.83. The average molecular weight is 206 g/mol. The van der Waals surface area contributed by atoms with Crippen molar-refractivity contribution in [3.63, 3.8) is 0 Å². The van der Waals surface area contributed by atoms with Crippen LogP contribution in [0.25, 0.3) is 0 Å². The molecule has 1 fully saturated rings. The smallest absolute Gasteiger partial charge is 0.236 e. The summed E-state index contributed by atoms with van der Waals surface area (Å²) in [5.41, 5.74) is 0. The van der Waals surface area contributed by atoms with E-state index in [1.165, 1.54) is 6.42 Å². The lowest BCUT2D eigenvalue weighted by Gasteiger charge is -2.32. The second-order valence-electron chi connectivity index (χ2n) is 2.55. The Kier molecular flexibility index (Phi) is 2.72. The molecule has 0 bridgehead atoms. The first-order valence-electron chi connectivity index (χ1n) is 3.68. The van der Waals surface area contributed by atoms with Gasteiger partial charge in [0.2, 0.25) is 5.91 Å². The van der Waals surface area contributed by atoms with Crippen LogP contribution in [0.3, 0.4) is 0 Å². The predicted molar refractivity (Wildman–Crippen MR) is 44.2 cm³/mol. The number of halogens is 1. The molecule has 3 heteroatoms. The van der Waals surface area contributed by atoms with E-state index in [2.05, 4.69) is 15.9 Å². The first kappa shape index (κ1) is 8.05. The maximum absolute atomic E-state index is 11.2. The molecule has 0 aliphatic carbocycles. The van der Waals surface area contributed by atoms with E-state index in [9.17, 15) is 4.79 Å². The standard InChI is InChI=1S/C7H12BrNO/c1-2-6(8)7(10)9-4-3-5-9/h6H,2-5H2,1H3. The zero-order chi connectivity index (χ0) is 7.56. The van der Waals surface area contributed by atoms with Crippen LogP contribution in [-0.2, 0) is 4.79 Å². The lowest BCUT2D eigenvalue weighted by molar-refractivity contribution is -0.133. The second-order valence-corrected chi connectivity index (χ2v) is 3.66. The molecular formula is C7H12BrNO. The van der Waals surface area contributed by atoms with Gasteiger partial charge in [-0.1, -0.05) is 22.9 Å². The normalized spacial score (nSPS) is 20.0. The molecule has 0 aromatic heterocycles. The molecule has 1 saturated heterocycles. The van der Waals surface area contributed by atoms with Gasteiger partial charge in [0.1, 0.15) is 0 Å². The highest BCUT2D eigenvalue weighted by atomic mass is 79.9. The zero-order valence-corrected chi connectivity index (χ0v) is 7.73. The van der Waals surface area contributed by atoms with Gasteiger partial charge < -0.3 is 4.90 Å². The third-order valence-electron chi connectivity index (χ3n) is 1.79. The predicted octanol–water partition coefficient (Wildman–Crippen LogP) is 1.39. The maximum Gasteiger partial charge on any atom is 0.236 e. The fourth-order valence-electron chi connectivity index (χ4n) is 0.909. The molecule has 1 amide bonds. The van der Waals surface area contributed by atoms with Crippen molar-refractivity contribution in [2.45, 2.75) is 24.6 Å². The highest BCUT2D eigenvalue weighted by molar-refractivity contribution is 9.10. The molecular weight excluding hydrogens is 194 g/mol. The molecule has 0 aromatic carbocycles. The van der Waals surface area contributed by atoms with Crippen LogP contribution in [0.2, 0.25) is 0 Å². The molecule has 0 spiro atoms. The number of carbonyl (C=O) groups is 1. The minimum absolute atomic E-state index is 0.0489. The molecule has 1 heterocycles. The molecule has 58 valence electrons. The van der Waals surface area contributed by atoms with Crippen LogP contribution in [0.1, 0.15) is 19.8 Å². The van der Waals surface area contributed by atoms with Gasteiger partial charge in [0.25, 0.3) is 0 Å². The van der Waals surface area contributed by atoms with E-state index in [0.717, 1.165) is 19.5 Å². The summed E-state index contributed by atoms with van der Waals surface area (Å²) in [6.45, 7) is 3.93. The van der Waals surface area contributed by atoms with Gasteiger partial charge >= 0.3 is 0 Å². The van der Waals surface area contributed by atoms with Gasteiger partial charge in [-0.2, -0.15) is 0 Å². The molecule has 1 unspecified atom stereocenters. The van der Waals surface area contributed by atoms with Crippen molar-refractivity contribution in [2.75, 3.05) is 13.1 Å². The Morgan fingerprint density at radius 1 is 1.70 bits per heavy atom. The van der Waals surface area contributed by atoms with Crippen molar-refractivity contribution in [2.24, 2.45) is 0 Å². The fraction of sp³-hybridized carbons (Fsp3) is 0.857. The lowest BCUT2D eigenvalue weighted by Crippen LogP contribution is -2.45. The van der Waals surface area contributed by atoms with Gasteiger partial charge in [0.15, 0.2) is 0 Å². The van der Waals surface area contributed by atoms with Crippen molar-refractivity contribution in [3.05, 3.63) is 0 Å². The maximum atomic E-state index is 11.2. The molecule has 0 N–H and O–H groups in total. The van der Waals surface area contributed by atoms with E-state index in [0.29, 0.717) is 0 Å². The molecule has 0 aromatic rings. The highest BCUT2D eigenvalue weighted by Crippen LogP contribution is 2.14. The molecule has 0 saturated carbocycles. The molecule has 1 aliphatic rings. The molecule has 1 rings (SSSR count). The van der Waals surface area contributed by atoms with Crippen LogP contribution in [0.15, 0.2) is 0 Å². The first-order chi connectivity index (χ1) is 4.75. The van der Waals surface area contributed by atoms with Crippen LogP contribution in [-0.4, -0.2) is 28.7 Å². The number of hydrogen-bond acceptors (Lipinski definition) is 1. The van der Waals surface area contributed by atoms with Crippen molar-refractivity contribution in [3.8, 4) is 0 Å². The summed E-state index contributed by atoms with van der Waals surface area (Å²) in [5, 5.41) is 0. The summed E-state index contributed by atoms with van der Waals surface area (Å²) in [5.74, 6) is 0.258. The van der Waals surface area contributed by atoms with E-state index >= 15 is 0 Å². The topological polar surface area (TPSA) is 20.3 Å². The number of rotatable bonds is 2. The Morgan fingerprint density at radius 3 is 2.60 bits per heavy atom. The summed E-state index contributed by atoms with van der Waals surface area (Å²) in [7, 11) is 0. The molecule has 2 nitrogen and oxygen atoms in total. The average Bonchev–Trinajstić information content (AvgIpc) is 1.82. The van der Waals surface area contributed by atoms with E-state index < -0.39 is 0 Å². The number of nitrogens with zero attached hydrogens (tertiary/aromatic N) is 1. The van der Waals surface area contributed by atoms with Crippen LogP contribution >= 0.6 is 15.9 Å². The number of likely N-dealkylation sites (tertiary alicyclic amines) is 1. The minimum atomic E-state index is 0.0489. The van der Waals surface area contributed by atoms with Gasteiger partial charge in [0.05, 0.1) is 4.83 Å². The quantitative estimate of drug-likeness (QED) is 0.625. The zero-order valence-electron chi connectivity index (χ0n) is 6.14. The first-order valence-corrected chi connectivity index (χ1v) is 4.60. The summed E-state index contributed by atoms with van der Waals surface area (Å²) >= 11 is 3.33. The lowest BCUT2D eigenvalue weighted by atomic mass is 10.2. The minimum Gasteiger partial charge on any atom is -0.342 e. The Hall–Kier alpha value is -0.0500. The summed E-state index contributed by atoms with van der Waals surface area (Å²) in [6.07, 6.45) is 2.06. The summed E-state index contributed by atoms with van der Waals surface area (Å²) < 4.78 is 0. The second kappa shape index (κ2) is 3.37. The van der Waals surface area contributed by atoms with Crippen molar-refractivity contribution in [1.82, 2.24) is 4.90 Å². The molecule has 1 atom stereocenters. The number of carbonyl (C=O) groups excluding carboxylic acids is 1. The molecule has 1 aliphatic heterocycles. The number of alkyl halides is 1. The van der Waals surface area contributed by atoms with Gasteiger partial charge in [-0.15, -0.1) is 0 Å². The monoisotopic (exact) mass is 205 g/mol. The van der Waals surface area contributed by atoms with Crippen molar-refractivity contribution >= 4 is 21.8 Å². The Morgan fingerprint density at radius 2 is 2.30 bits per heavy atom. The fourth-order valence-corrected chi connectivity index (χ4v) is 1.20. The van der Waals surface area contributed by atoms with Gasteiger partial charge in [0, 0.05) is 13.1 Å². The summed E-state index contributed by atoms with van der Waals surface area (Å²) in [6, 6.07) is 0. The Bertz CT molecular complexity index is 127. The summed E-state index contributed by atoms with van der Waals surface area (Å²) in [4.78, 5) is 13.2. The highest BCUT2D eigenvalue weighted by Gasteiger charge is 2.24. The van der Waals surface area contributed by atoms with E-state index in [-0.39, 0.29) is 10.7 Å². The number of amides is 1. The van der Waals surface area contributed by atoms with Crippen molar-refractivity contribution < 1.29 is 4.79 Å². The van der Waals surface area contributed by atoms with Gasteiger partial charge in [-0.25, -0.2) is 0 Å². The SMILES string of the molecule is CCC(Br)C(=O)N1CCC1. The third kappa shape index (κ3) is 1.51. The van der Waals surface area contributed by atoms with Crippen LogP contribution in [0.5, 0.6) is 0 Å². The van der Waals surface area contributed by atoms with Crippen LogP contribution in [0, 0.1) is 0 Å². The van der Waals surface area contributed by atoms with Crippen LogP contribution in [0.4, 0.5) is 0 Å². The van der Waals surface area contributed by atoms with Gasteiger partial charge in [-0.3, -0.25) is 4.79 Å². The van der Waals surface area contributed by atoms with Crippen molar-refractivity contribution in [1.29, 1.82) is 0 Å². The molecule has 0 radical (unpaired) electrons. The van der Waals surface area contributed by atoms with E-state index in [4.69, 9.17) is 0 Å². The van der Waals surface area contributed by atoms with E-state index in [1.807, 2.05) is 11.8 Å². The van der Waals surface area contributed by atoms with E-state index in [1.54, 1.807) is 0 Å². The molecule has 10 heavy (non-hydrogen) atoms. The van der Waals surface area contributed by atoms with Crippen LogP contribution < -0.4 is 0 Å². The Labute approximate surface area is 69.7 Å². The van der Waals surface area contributed by atoms with Gasteiger partial charge in [-0.05, 0) is 12.8 Å².